The Balaban J connectivity index is 2.61. The van der Waals surface area contributed by atoms with E-state index in [1.165, 1.54) is 24.8 Å². The Bertz CT molecular complexity index is 307. The van der Waals surface area contributed by atoms with Crippen molar-refractivity contribution >= 4 is 11.4 Å². The van der Waals surface area contributed by atoms with Crippen molar-refractivity contribution in [2.45, 2.75) is 33.1 Å². The van der Waals surface area contributed by atoms with Crippen LogP contribution in [-0.4, -0.2) is 13.6 Å². The first-order valence-electron chi connectivity index (χ1n) is 5.72. The van der Waals surface area contributed by atoms with Crippen LogP contribution in [0.1, 0.15) is 31.7 Å². The lowest BCUT2D eigenvalue weighted by molar-refractivity contribution is 0.705. The van der Waals surface area contributed by atoms with Crippen LogP contribution < -0.4 is 10.6 Å². The topological polar surface area (TPSA) is 29.3 Å². The molecule has 0 amide bonds. The van der Waals surface area contributed by atoms with E-state index >= 15 is 0 Å². The lowest BCUT2D eigenvalue weighted by atomic mass is 10.1. The number of nitrogens with zero attached hydrogens (tertiary/aromatic N) is 1. The smallest absolute Gasteiger partial charge is 0.0597 e. The average Bonchev–Trinajstić information content (AvgIpc) is 2.17. The van der Waals surface area contributed by atoms with Gasteiger partial charge in [-0.25, -0.2) is 0 Å². The molecule has 2 nitrogen and oxygen atoms in total. The minimum absolute atomic E-state index is 0.883. The molecule has 0 aliphatic heterocycles. The van der Waals surface area contributed by atoms with Crippen molar-refractivity contribution in [2.75, 3.05) is 24.2 Å². The fraction of sp³-hybridized carbons (Fsp3) is 0.538. The molecule has 2 N–H and O–H groups in total. The summed E-state index contributed by atoms with van der Waals surface area (Å²) >= 11 is 0. The zero-order valence-electron chi connectivity index (χ0n) is 10.1. The number of hydrogen-bond acceptors (Lipinski definition) is 2. The number of benzene rings is 1. The van der Waals surface area contributed by atoms with Crippen molar-refractivity contribution in [3.8, 4) is 0 Å². The molecule has 2 heteroatoms. The van der Waals surface area contributed by atoms with Crippen LogP contribution in [0.3, 0.4) is 0 Å². The highest BCUT2D eigenvalue weighted by Crippen LogP contribution is 2.23. The van der Waals surface area contributed by atoms with Gasteiger partial charge in [-0.2, -0.15) is 0 Å². The summed E-state index contributed by atoms with van der Waals surface area (Å²) in [5, 5.41) is 0. The molecule has 0 aliphatic rings. The monoisotopic (exact) mass is 206 g/mol. The van der Waals surface area contributed by atoms with E-state index in [-0.39, 0.29) is 0 Å². The fourth-order valence-corrected chi connectivity index (χ4v) is 1.74. The molecule has 0 heterocycles. The molecule has 1 aromatic rings. The van der Waals surface area contributed by atoms with E-state index in [0.717, 1.165) is 17.9 Å². The predicted molar refractivity (Wildman–Crippen MR) is 68.4 cm³/mol. The summed E-state index contributed by atoms with van der Waals surface area (Å²) in [7, 11) is 2.11. The Morgan fingerprint density at radius 2 is 2.00 bits per heavy atom. The van der Waals surface area contributed by atoms with E-state index in [2.05, 4.69) is 37.9 Å². The fourth-order valence-electron chi connectivity index (χ4n) is 1.74. The highest BCUT2D eigenvalue weighted by atomic mass is 15.1. The largest absolute Gasteiger partial charge is 0.397 e. The maximum Gasteiger partial charge on any atom is 0.0597 e. The third-order valence-corrected chi connectivity index (χ3v) is 2.69. The molecule has 0 saturated carbocycles. The van der Waals surface area contributed by atoms with Gasteiger partial charge in [0.05, 0.1) is 11.4 Å². The lowest BCUT2D eigenvalue weighted by Crippen LogP contribution is -2.19. The van der Waals surface area contributed by atoms with E-state index in [1.54, 1.807) is 0 Å². The lowest BCUT2D eigenvalue weighted by Gasteiger charge is -2.21. The number of hydrogen-bond donors (Lipinski definition) is 1. The van der Waals surface area contributed by atoms with Gasteiger partial charge in [0, 0.05) is 13.6 Å². The van der Waals surface area contributed by atoms with Gasteiger partial charge in [0.2, 0.25) is 0 Å². The van der Waals surface area contributed by atoms with E-state index in [4.69, 9.17) is 5.73 Å². The predicted octanol–water partition coefficient (Wildman–Crippen LogP) is 3.20. The summed E-state index contributed by atoms with van der Waals surface area (Å²) < 4.78 is 0. The van der Waals surface area contributed by atoms with Crippen LogP contribution in [0.25, 0.3) is 0 Å². The van der Waals surface area contributed by atoms with Crippen LogP contribution >= 0.6 is 0 Å². The third-order valence-electron chi connectivity index (χ3n) is 2.69. The molecule has 0 atom stereocenters. The minimum atomic E-state index is 0.883. The molecule has 0 aromatic heterocycles. The molecule has 1 rings (SSSR count). The quantitative estimate of drug-likeness (QED) is 0.592. The van der Waals surface area contributed by atoms with E-state index < -0.39 is 0 Å². The molecule has 0 unspecified atom stereocenters. The van der Waals surface area contributed by atoms with Gasteiger partial charge in [0.15, 0.2) is 0 Å². The summed E-state index contributed by atoms with van der Waals surface area (Å²) in [6.07, 6.45) is 3.79. The first-order valence-corrected chi connectivity index (χ1v) is 5.72. The number of nitrogen functional groups attached to an aromatic ring is 1. The second-order valence-electron chi connectivity index (χ2n) is 4.19. The molecule has 15 heavy (non-hydrogen) atoms. The Morgan fingerprint density at radius 3 is 2.60 bits per heavy atom. The van der Waals surface area contributed by atoms with Gasteiger partial charge in [-0.15, -0.1) is 0 Å². The number of rotatable bonds is 5. The molecule has 0 spiro atoms. The molecule has 0 fully saturated rings. The SMILES string of the molecule is CCCCCN(C)c1ccc(C)cc1N. The highest BCUT2D eigenvalue weighted by Gasteiger charge is 2.04. The molecule has 1 aromatic carbocycles. The van der Waals surface area contributed by atoms with Crippen LogP contribution in [0, 0.1) is 6.92 Å². The van der Waals surface area contributed by atoms with Gasteiger partial charge in [-0.05, 0) is 31.0 Å². The molecular formula is C13H22N2. The van der Waals surface area contributed by atoms with Crippen LogP contribution in [0.5, 0.6) is 0 Å². The molecule has 0 bridgehead atoms. The second kappa shape index (κ2) is 5.64. The molecular weight excluding hydrogens is 184 g/mol. The Hall–Kier alpha value is -1.18. The van der Waals surface area contributed by atoms with Gasteiger partial charge < -0.3 is 10.6 Å². The molecule has 84 valence electrons. The molecule has 0 radical (unpaired) electrons. The van der Waals surface area contributed by atoms with E-state index in [0.29, 0.717) is 0 Å². The van der Waals surface area contributed by atoms with E-state index in [9.17, 15) is 0 Å². The Labute approximate surface area is 93.1 Å². The van der Waals surface area contributed by atoms with Crippen molar-refractivity contribution in [3.63, 3.8) is 0 Å². The summed E-state index contributed by atoms with van der Waals surface area (Å²) in [4.78, 5) is 2.24. The standard InChI is InChI=1S/C13H22N2/c1-4-5-6-9-15(3)13-8-7-11(2)10-12(13)14/h7-8,10H,4-6,9,14H2,1-3H3. The minimum Gasteiger partial charge on any atom is -0.397 e. The van der Waals surface area contributed by atoms with Gasteiger partial charge in [-0.1, -0.05) is 25.8 Å². The van der Waals surface area contributed by atoms with Crippen molar-refractivity contribution in [3.05, 3.63) is 23.8 Å². The number of nitrogens with two attached hydrogens (primary N) is 1. The number of unbranched alkanes of at least 4 members (excludes halogenated alkanes) is 2. The van der Waals surface area contributed by atoms with Gasteiger partial charge in [0.1, 0.15) is 0 Å². The first kappa shape index (κ1) is 11.9. The summed E-state index contributed by atoms with van der Waals surface area (Å²) in [6, 6.07) is 6.25. The van der Waals surface area contributed by atoms with Gasteiger partial charge >= 0.3 is 0 Å². The number of aryl methyl sites for hydroxylation is 1. The average molecular weight is 206 g/mol. The third kappa shape index (κ3) is 3.46. The highest BCUT2D eigenvalue weighted by molar-refractivity contribution is 5.68. The summed E-state index contributed by atoms with van der Waals surface area (Å²) in [5.74, 6) is 0. The van der Waals surface area contributed by atoms with Gasteiger partial charge in [-0.3, -0.25) is 0 Å². The van der Waals surface area contributed by atoms with Crippen LogP contribution in [0.15, 0.2) is 18.2 Å². The van der Waals surface area contributed by atoms with Crippen molar-refractivity contribution in [1.29, 1.82) is 0 Å². The second-order valence-corrected chi connectivity index (χ2v) is 4.19. The van der Waals surface area contributed by atoms with Crippen LogP contribution in [0.4, 0.5) is 11.4 Å². The number of anilines is 2. The zero-order valence-corrected chi connectivity index (χ0v) is 10.1. The normalized spacial score (nSPS) is 10.3. The molecule has 0 aliphatic carbocycles. The summed E-state index contributed by atoms with van der Waals surface area (Å²) in [5.41, 5.74) is 9.24. The zero-order chi connectivity index (χ0) is 11.3. The van der Waals surface area contributed by atoms with Crippen LogP contribution in [-0.2, 0) is 0 Å². The molecule has 0 saturated heterocycles. The van der Waals surface area contributed by atoms with E-state index in [1.807, 2.05) is 6.07 Å². The van der Waals surface area contributed by atoms with Gasteiger partial charge in [0.25, 0.3) is 0 Å². The Kier molecular flexibility index (Phi) is 4.47. The van der Waals surface area contributed by atoms with Crippen molar-refractivity contribution in [2.24, 2.45) is 0 Å². The maximum atomic E-state index is 5.98. The summed E-state index contributed by atoms with van der Waals surface area (Å²) in [6.45, 7) is 5.37. The van der Waals surface area contributed by atoms with Crippen molar-refractivity contribution in [1.82, 2.24) is 0 Å². The van der Waals surface area contributed by atoms with Crippen LogP contribution in [0.2, 0.25) is 0 Å². The maximum absolute atomic E-state index is 5.98. The first-order chi connectivity index (χ1) is 7.15. The Morgan fingerprint density at radius 1 is 1.27 bits per heavy atom. The van der Waals surface area contributed by atoms with Crippen molar-refractivity contribution < 1.29 is 0 Å².